The molecule has 0 atom stereocenters. The molecule has 0 radical (unpaired) electrons. The summed E-state index contributed by atoms with van der Waals surface area (Å²) in [5, 5.41) is 2.98. The van der Waals surface area contributed by atoms with Crippen molar-refractivity contribution in [3.05, 3.63) is 57.8 Å². The Hall–Kier alpha value is -1.55. The van der Waals surface area contributed by atoms with Crippen LogP contribution in [0.15, 0.2) is 41.0 Å². The number of aromatic nitrogens is 1. The first kappa shape index (κ1) is 14.9. The van der Waals surface area contributed by atoms with Gasteiger partial charge in [-0.3, -0.25) is 4.79 Å². The monoisotopic (exact) mass is 334 g/mol. The Morgan fingerprint density at radius 3 is 2.70 bits per heavy atom. The van der Waals surface area contributed by atoms with E-state index in [4.69, 9.17) is 0 Å². The normalized spacial score (nSPS) is 10.8. The molecule has 2 aromatic rings. The van der Waals surface area contributed by atoms with Crippen LogP contribution in [0.5, 0.6) is 0 Å². The van der Waals surface area contributed by atoms with Gasteiger partial charge in [0.25, 0.3) is 5.91 Å². The molecule has 1 amide bonds. The van der Waals surface area contributed by atoms with E-state index < -0.39 is 0 Å². The quantitative estimate of drug-likeness (QED) is 0.898. The number of carbonyl (C=O) groups is 1. The summed E-state index contributed by atoms with van der Waals surface area (Å²) < 4.78 is 2.89. The Labute approximate surface area is 128 Å². The number of carbonyl (C=O) groups excluding carboxylic acids is 1. The van der Waals surface area contributed by atoms with Gasteiger partial charge in [-0.15, -0.1) is 0 Å². The Morgan fingerprint density at radius 1 is 1.35 bits per heavy atom. The number of nitrogens with one attached hydrogen (secondary N) is 1. The molecule has 0 saturated carbocycles. The van der Waals surface area contributed by atoms with Gasteiger partial charge >= 0.3 is 0 Å². The van der Waals surface area contributed by atoms with Crippen molar-refractivity contribution in [1.29, 1.82) is 0 Å². The van der Waals surface area contributed by atoms with Gasteiger partial charge < -0.3 is 9.88 Å². The van der Waals surface area contributed by atoms with Crippen LogP contribution in [0, 0.1) is 6.92 Å². The number of nitrogens with zero attached hydrogens (tertiary/aromatic N) is 1. The van der Waals surface area contributed by atoms with Crippen molar-refractivity contribution in [2.75, 3.05) is 0 Å². The molecule has 0 unspecified atom stereocenters. The van der Waals surface area contributed by atoms with Crippen LogP contribution in [0.2, 0.25) is 0 Å². The van der Waals surface area contributed by atoms with E-state index in [1.165, 1.54) is 5.56 Å². The van der Waals surface area contributed by atoms with E-state index in [9.17, 15) is 4.79 Å². The third kappa shape index (κ3) is 3.31. The molecule has 0 aliphatic carbocycles. The number of benzene rings is 1. The Kier molecular flexibility index (Phi) is 4.65. The maximum Gasteiger partial charge on any atom is 0.268 e. The SMILES string of the molecule is Cc1ccccc1CNC(=O)c1cc(Br)cn1C(C)C. The van der Waals surface area contributed by atoms with Crippen LogP contribution in [0.1, 0.15) is 41.5 Å². The average molecular weight is 335 g/mol. The molecule has 2 rings (SSSR count). The first-order chi connectivity index (χ1) is 9.49. The third-order valence-electron chi connectivity index (χ3n) is 3.30. The minimum Gasteiger partial charge on any atom is -0.347 e. The lowest BCUT2D eigenvalue weighted by Crippen LogP contribution is -2.26. The molecule has 0 aliphatic rings. The summed E-state index contributed by atoms with van der Waals surface area (Å²) in [6.07, 6.45) is 1.94. The van der Waals surface area contributed by atoms with Gasteiger partial charge in [0.2, 0.25) is 0 Å². The van der Waals surface area contributed by atoms with Gasteiger partial charge in [-0.1, -0.05) is 24.3 Å². The van der Waals surface area contributed by atoms with E-state index in [-0.39, 0.29) is 11.9 Å². The largest absolute Gasteiger partial charge is 0.347 e. The van der Waals surface area contributed by atoms with Crippen LogP contribution in [0.4, 0.5) is 0 Å². The van der Waals surface area contributed by atoms with Gasteiger partial charge in [0, 0.05) is 23.3 Å². The number of hydrogen-bond donors (Lipinski definition) is 1. The second kappa shape index (κ2) is 6.27. The van der Waals surface area contributed by atoms with Gasteiger partial charge in [0.15, 0.2) is 0 Å². The fraction of sp³-hybridized carbons (Fsp3) is 0.312. The molecule has 0 fully saturated rings. The van der Waals surface area contributed by atoms with Crippen molar-refractivity contribution in [2.24, 2.45) is 0 Å². The van der Waals surface area contributed by atoms with Crippen LogP contribution in [-0.2, 0) is 6.54 Å². The Bertz CT molecular complexity index is 617. The molecule has 0 saturated heterocycles. The van der Waals surface area contributed by atoms with Crippen molar-refractivity contribution in [3.8, 4) is 0 Å². The Morgan fingerprint density at radius 2 is 2.05 bits per heavy atom. The zero-order chi connectivity index (χ0) is 14.7. The van der Waals surface area contributed by atoms with Crippen LogP contribution in [0.3, 0.4) is 0 Å². The van der Waals surface area contributed by atoms with E-state index in [2.05, 4.69) is 48.1 Å². The van der Waals surface area contributed by atoms with Gasteiger partial charge in [0.05, 0.1) is 0 Å². The molecule has 0 aliphatic heterocycles. The van der Waals surface area contributed by atoms with Gasteiger partial charge in [-0.2, -0.15) is 0 Å². The molecular formula is C16H19BrN2O. The first-order valence-electron chi connectivity index (χ1n) is 6.69. The Balaban J connectivity index is 2.11. The van der Waals surface area contributed by atoms with Crippen LogP contribution in [-0.4, -0.2) is 10.5 Å². The van der Waals surface area contributed by atoms with E-state index in [1.54, 1.807) is 0 Å². The topological polar surface area (TPSA) is 34.0 Å². The fourth-order valence-electron chi connectivity index (χ4n) is 2.13. The molecule has 106 valence electrons. The minimum atomic E-state index is -0.0485. The molecule has 20 heavy (non-hydrogen) atoms. The summed E-state index contributed by atoms with van der Waals surface area (Å²) in [7, 11) is 0. The van der Waals surface area contributed by atoms with E-state index in [0.29, 0.717) is 12.2 Å². The number of rotatable bonds is 4. The summed E-state index contributed by atoms with van der Waals surface area (Å²) in [6, 6.07) is 10.2. The van der Waals surface area contributed by atoms with Crippen molar-refractivity contribution >= 4 is 21.8 Å². The summed E-state index contributed by atoms with van der Waals surface area (Å²) in [5.41, 5.74) is 3.01. The van der Waals surface area contributed by atoms with Gasteiger partial charge in [-0.05, 0) is 53.9 Å². The molecule has 1 aromatic carbocycles. The molecule has 1 N–H and O–H groups in total. The van der Waals surface area contributed by atoms with E-state index in [0.717, 1.165) is 10.0 Å². The first-order valence-corrected chi connectivity index (χ1v) is 7.48. The second-order valence-corrected chi connectivity index (χ2v) is 6.07. The highest BCUT2D eigenvalue weighted by Gasteiger charge is 2.14. The molecule has 1 aromatic heterocycles. The zero-order valence-electron chi connectivity index (χ0n) is 12.0. The number of halogens is 1. The van der Waals surface area contributed by atoms with E-state index in [1.807, 2.05) is 35.0 Å². The lowest BCUT2D eigenvalue weighted by atomic mass is 10.1. The summed E-state index contributed by atoms with van der Waals surface area (Å²) in [5.74, 6) is -0.0485. The average Bonchev–Trinajstić information content (AvgIpc) is 2.80. The van der Waals surface area contributed by atoms with Gasteiger partial charge in [-0.25, -0.2) is 0 Å². The smallest absolute Gasteiger partial charge is 0.268 e. The maximum atomic E-state index is 12.3. The van der Waals surface area contributed by atoms with E-state index >= 15 is 0 Å². The molecule has 0 spiro atoms. The van der Waals surface area contributed by atoms with Crippen LogP contribution in [0.25, 0.3) is 0 Å². The molecule has 3 nitrogen and oxygen atoms in total. The summed E-state index contributed by atoms with van der Waals surface area (Å²) >= 11 is 3.43. The number of aryl methyl sites for hydroxylation is 1. The van der Waals surface area contributed by atoms with Crippen LogP contribution < -0.4 is 5.32 Å². The predicted molar refractivity (Wildman–Crippen MR) is 84.9 cm³/mol. The minimum absolute atomic E-state index is 0.0485. The molecular weight excluding hydrogens is 316 g/mol. The molecule has 1 heterocycles. The molecule has 4 heteroatoms. The number of amides is 1. The van der Waals surface area contributed by atoms with Crippen molar-refractivity contribution in [2.45, 2.75) is 33.4 Å². The van der Waals surface area contributed by atoms with Crippen molar-refractivity contribution in [3.63, 3.8) is 0 Å². The lowest BCUT2D eigenvalue weighted by molar-refractivity contribution is 0.0940. The summed E-state index contributed by atoms with van der Waals surface area (Å²) in [6.45, 7) is 6.72. The highest BCUT2D eigenvalue weighted by molar-refractivity contribution is 9.10. The van der Waals surface area contributed by atoms with Crippen molar-refractivity contribution < 1.29 is 4.79 Å². The lowest BCUT2D eigenvalue weighted by Gasteiger charge is -2.13. The predicted octanol–water partition coefficient (Wildman–Crippen LogP) is 4.07. The maximum absolute atomic E-state index is 12.3. The van der Waals surface area contributed by atoms with Gasteiger partial charge in [0.1, 0.15) is 5.69 Å². The zero-order valence-corrected chi connectivity index (χ0v) is 13.6. The standard InChI is InChI=1S/C16H19BrN2O/c1-11(2)19-10-14(17)8-15(19)16(20)18-9-13-7-5-4-6-12(13)3/h4-8,10-11H,9H2,1-3H3,(H,18,20). The third-order valence-corrected chi connectivity index (χ3v) is 3.74. The van der Waals surface area contributed by atoms with Crippen molar-refractivity contribution in [1.82, 2.24) is 9.88 Å². The molecule has 0 bridgehead atoms. The highest BCUT2D eigenvalue weighted by Crippen LogP contribution is 2.19. The fourth-order valence-corrected chi connectivity index (χ4v) is 2.57. The summed E-state index contributed by atoms with van der Waals surface area (Å²) in [4.78, 5) is 12.3. The van der Waals surface area contributed by atoms with Crippen LogP contribution >= 0.6 is 15.9 Å². The highest BCUT2D eigenvalue weighted by atomic mass is 79.9. The number of hydrogen-bond acceptors (Lipinski definition) is 1. The second-order valence-electron chi connectivity index (χ2n) is 5.15.